The summed E-state index contributed by atoms with van der Waals surface area (Å²) in [4.78, 5) is 32.5. The Labute approximate surface area is 328 Å². The summed E-state index contributed by atoms with van der Waals surface area (Å²) >= 11 is 0. The molecule has 0 saturated carbocycles. The van der Waals surface area contributed by atoms with Crippen LogP contribution in [0.4, 0.5) is 0 Å². The first-order chi connectivity index (χ1) is 27.0. The Morgan fingerprint density at radius 3 is 1.45 bits per heavy atom. The zero-order valence-corrected chi connectivity index (χ0v) is 32.6. The van der Waals surface area contributed by atoms with Crippen molar-refractivity contribution >= 4 is 0 Å². The van der Waals surface area contributed by atoms with E-state index < -0.39 is 0 Å². The third-order valence-corrected chi connectivity index (χ3v) is 9.98. The van der Waals surface area contributed by atoms with Gasteiger partial charge in [-0.1, -0.05) is 102 Å². The van der Waals surface area contributed by atoms with E-state index in [-0.39, 0.29) is 10.8 Å². The molecule has 7 nitrogen and oxygen atoms in total. The van der Waals surface area contributed by atoms with Gasteiger partial charge in [-0.3, -0.25) is 15.0 Å². The Hall–Kier alpha value is -6.73. The fourth-order valence-electron chi connectivity index (χ4n) is 6.75. The van der Waals surface area contributed by atoms with Crippen LogP contribution in [0.15, 0.2) is 153 Å². The number of rotatable bonds is 7. The average Bonchev–Trinajstić information content (AvgIpc) is 3.23. The molecular formula is C49H43N7. The largest absolute Gasteiger partial charge is 0.264 e. The van der Waals surface area contributed by atoms with Crippen LogP contribution in [0.5, 0.6) is 0 Å². The van der Waals surface area contributed by atoms with Crippen LogP contribution < -0.4 is 0 Å². The summed E-state index contributed by atoms with van der Waals surface area (Å²) in [5.41, 5.74) is 14.9. The topological polar surface area (TPSA) is 90.2 Å². The second-order valence-electron chi connectivity index (χ2n) is 16.2. The molecule has 0 spiro atoms. The molecule has 8 aromatic rings. The molecule has 0 fully saturated rings. The van der Waals surface area contributed by atoms with Gasteiger partial charge < -0.3 is 0 Å². The van der Waals surface area contributed by atoms with Crippen molar-refractivity contribution in [3.63, 3.8) is 0 Å². The number of hydrogen-bond acceptors (Lipinski definition) is 7. The van der Waals surface area contributed by atoms with Crippen molar-refractivity contribution < 1.29 is 0 Å². The van der Waals surface area contributed by atoms with Crippen LogP contribution in [0.3, 0.4) is 0 Å². The van der Waals surface area contributed by atoms with Gasteiger partial charge in [0.2, 0.25) is 0 Å². The minimum Gasteiger partial charge on any atom is -0.264 e. The monoisotopic (exact) mass is 729 g/mol. The lowest BCUT2D eigenvalue weighted by Crippen LogP contribution is -2.16. The lowest BCUT2D eigenvalue weighted by atomic mass is 9.79. The van der Waals surface area contributed by atoms with E-state index in [0.717, 1.165) is 67.2 Å². The van der Waals surface area contributed by atoms with E-state index >= 15 is 0 Å². The van der Waals surface area contributed by atoms with Gasteiger partial charge in [0.25, 0.3) is 0 Å². The van der Waals surface area contributed by atoms with Crippen LogP contribution in [-0.2, 0) is 10.8 Å². The highest BCUT2D eigenvalue weighted by Gasteiger charge is 2.22. The lowest BCUT2D eigenvalue weighted by molar-refractivity contribution is 0.569. The van der Waals surface area contributed by atoms with Crippen molar-refractivity contribution in [2.24, 2.45) is 0 Å². The first-order valence-corrected chi connectivity index (χ1v) is 18.8. The highest BCUT2D eigenvalue weighted by Crippen LogP contribution is 2.37. The quantitative estimate of drug-likeness (QED) is 0.161. The molecule has 0 bridgehead atoms. The molecular weight excluding hydrogens is 687 g/mol. The number of aromatic nitrogens is 7. The SMILES string of the molecule is CC(C)(C)c1cc(-c2cccc(-c3cc(-c4cccc(-c5cnccn5)c4)nc(-c4cc(-c5cccnc5)cc(-c5cncnc5)c4)n3)c2)cc(C(C)(C)C)c1. The maximum atomic E-state index is 5.32. The van der Waals surface area contributed by atoms with Crippen LogP contribution in [0, 0.1) is 0 Å². The molecule has 0 aliphatic carbocycles. The summed E-state index contributed by atoms with van der Waals surface area (Å²) in [6.07, 6.45) is 14.0. The third-order valence-electron chi connectivity index (χ3n) is 9.98. The van der Waals surface area contributed by atoms with Gasteiger partial charge in [-0.15, -0.1) is 0 Å². The second kappa shape index (κ2) is 14.8. The van der Waals surface area contributed by atoms with Crippen LogP contribution >= 0.6 is 0 Å². The molecule has 4 aromatic heterocycles. The van der Waals surface area contributed by atoms with E-state index in [1.807, 2.05) is 36.8 Å². The predicted molar refractivity (Wildman–Crippen MR) is 226 cm³/mol. The van der Waals surface area contributed by atoms with Gasteiger partial charge in [0.1, 0.15) is 6.33 Å². The van der Waals surface area contributed by atoms with E-state index in [0.29, 0.717) is 5.82 Å². The zero-order valence-electron chi connectivity index (χ0n) is 32.6. The molecule has 56 heavy (non-hydrogen) atoms. The maximum Gasteiger partial charge on any atom is 0.160 e. The van der Waals surface area contributed by atoms with Gasteiger partial charge in [0.15, 0.2) is 5.82 Å². The van der Waals surface area contributed by atoms with Gasteiger partial charge in [-0.2, -0.15) is 0 Å². The highest BCUT2D eigenvalue weighted by molar-refractivity contribution is 5.82. The first-order valence-electron chi connectivity index (χ1n) is 18.8. The Bertz CT molecular complexity index is 2550. The Morgan fingerprint density at radius 2 is 0.857 bits per heavy atom. The number of hydrogen-bond donors (Lipinski definition) is 0. The predicted octanol–water partition coefficient (Wildman–Crippen LogP) is 11.7. The Kier molecular flexibility index (Phi) is 9.60. The van der Waals surface area contributed by atoms with Crippen molar-refractivity contribution in [1.29, 1.82) is 0 Å². The molecule has 0 atom stereocenters. The van der Waals surface area contributed by atoms with Crippen molar-refractivity contribution in [2.75, 3.05) is 0 Å². The molecule has 8 rings (SSSR count). The van der Waals surface area contributed by atoms with Crippen LogP contribution in [-0.4, -0.2) is 34.9 Å². The summed E-state index contributed by atoms with van der Waals surface area (Å²) in [6, 6.07) is 36.5. The van der Waals surface area contributed by atoms with Crippen LogP contribution in [0.25, 0.3) is 78.5 Å². The van der Waals surface area contributed by atoms with E-state index in [1.165, 1.54) is 16.7 Å². The third kappa shape index (κ3) is 7.89. The van der Waals surface area contributed by atoms with Gasteiger partial charge in [-0.05, 0) is 86.7 Å². The summed E-state index contributed by atoms with van der Waals surface area (Å²) in [5.74, 6) is 0.599. The summed E-state index contributed by atoms with van der Waals surface area (Å²) < 4.78 is 0. The van der Waals surface area contributed by atoms with Crippen LogP contribution in [0.2, 0.25) is 0 Å². The summed E-state index contributed by atoms with van der Waals surface area (Å²) in [5, 5.41) is 0. The van der Waals surface area contributed by atoms with Gasteiger partial charge in [0.05, 0.1) is 23.3 Å². The fourth-order valence-corrected chi connectivity index (χ4v) is 6.75. The van der Waals surface area contributed by atoms with Crippen molar-refractivity contribution in [3.8, 4) is 78.5 Å². The standard InChI is InChI=1S/C49H43N7/c1-48(2,3)42-23-39(24-43(25-42)49(4,5)6)32-10-7-11-33(18-32)44-26-45(34-12-8-13-35(19-34)46-30-51-16-17-54-46)56-47(55-44)40-21-37(36-14-9-15-50-27-36)20-38(22-40)41-28-52-31-53-29-41/h7-31H,1-6H3. The molecule has 4 heterocycles. The Morgan fingerprint density at radius 1 is 0.357 bits per heavy atom. The summed E-state index contributed by atoms with van der Waals surface area (Å²) in [6.45, 7) is 13.7. The molecule has 0 amide bonds. The van der Waals surface area contributed by atoms with E-state index in [4.69, 9.17) is 9.97 Å². The van der Waals surface area contributed by atoms with Crippen molar-refractivity contribution in [1.82, 2.24) is 34.9 Å². The molecule has 0 N–H and O–H groups in total. The van der Waals surface area contributed by atoms with E-state index in [2.05, 4.69) is 151 Å². The Balaban J connectivity index is 1.33. The molecule has 0 radical (unpaired) electrons. The average molecular weight is 730 g/mol. The molecule has 274 valence electrons. The first kappa shape index (κ1) is 36.3. The smallest absolute Gasteiger partial charge is 0.160 e. The van der Waals surface area contributed by atoms with E-state index in [1.54, 1.807) is 31.1 Å². The van der Waals surface area contributed by atoms with E-state index in [9.17, 15) is 0 Å². The number of benzene rings is 4. The minimum atomic E-state index is -0.000967. The molecule has 0 saturated heterocycles. The number of nitrogens with zero attached hydrogens (tertiary/aromatic N) is 7. The van der Waals surface area contributed by atoms with Crippen LogP contribution in [0.1, 0.15) is 52.7 Å². The molecule has 7 heteroatoms. The van der Waals surface area contributed by atoms with Gasteiger partial charge >= 0.3 is 0 Å². The minimum absolute atomic E-state index is 0.000967. The van der Waals surface area contributed by atoms with Gasteiger partial charge in [0, 0.05) is 70.6 Å². The maximum absolute atomic E-state index is 5.32. The molecule has 0 unspecified atom stereocenters. The normalized spacial score (nSPS) is 11.8. The molecule has 4 aromatic carbocycles. The number of pyridine rings is 1. The summed E-state index contributed by atoms with van der Waals surface area (Å²) in [7, 11) is 0. The molecule has 0 aliphatic rings. The molecule has 0 aliphatic heterocycles. The zero-order chi connectivity index (χ0) is 38.9. The second-order valence-corrected chi connectivity index (χ2v) is 16.2. The highest BCUT2D eigenvalue weighted by atomic mass is 14.9. The fraction of sp³-hybridized carbons (Fsp3) is 0.163. The lowest BCUT2D eigenvalue weighted by Gasteiger charge is -2.26. The van der Waals surface area contributed by atoms with Crippen molar-refractivity contribution in [3.05, 3.63) is 164 Å². The van der Waals surface area contributed by atoms with Gasteiger partial charge in [-0.25, -0.2) is 19.9 Å². The van der Waals surface area contributed by atoms with Crippen molar-refractivity contribution in [2.45, 2.75) is 52.4 Å².